The predicted molar refractivity (Wildman–Crippen MR) is 91.3 cm³/mol. The lowest BCUT2D eigenvalue weighted by molar-refractivity contribution is 0.261. The van der Waals surface area contributed by atoms with Crippen molar-refractivity contribution in [3.05, 3.63) is 59.0 Å². The number of ether oxygens (including phenoxy) is 2. The number of hydrogen-bond acceptors (Lipinski definition) is 5. The molecule has 0 fully saturated rings. The van der Waals surface area contributed by atoms with Crippen LogP contribution in [0.2, 0.25) is 0 Å². The van der Waals surface area contributed by atoms with Crippen LogP contribution in [0.25, 0.3) is 11.5 Å². The number of benzene rings is 2. The molecule has 0 N–H and O–H groups in total. The minimum absolute atomic E-state index is 0.238. The third-order valence-electron chi connectivity index (χ3n) is 4.00. The van der Waals surface area contributed by atoms with E-state index in [1.807, 2.05) is 44.2 Å². The molecule has 0 bridgehead atoms. The molecule has 0 saturated heterocycles. The van der Waals surface area contributed by atoms with Gasteiger partial charge in [0.1, 0.15) is 11.5 Å². The van der Waals surface area contributed by atoms with E-state index in [4.69, 9.17) is 13.9 Å². The van der Waals surface area contributed by atoms with E-state index in [1.54, 1.807) is 7.11 Å². The Labute approximate surface area is 141 Å². The summed E-state index contributed by atoms with van der Waals surface area (Å²) in [5, 5.41) is 8.15. The molecule has 0 aliphatic heterocycles. The second kappa shape index (κ2) is 6.74. The monoisotopic (exact) mass is 324 g/mol. The van der Waals surface area contributed by atoms with Gasteiger partial charge in [-0.25, -0.2) is 0 Å². The fourth-order valence-corrected chi connectivity index (χ4v) is 2.47. The van der Waals surface area contributed by atoms with Crippen molar-refractivity contribution in [2.75, 3.05) is 7.11 Å². The Morgan fingerprint density at radius 3 is 2.58 bits per heavy atom. The van der Waals surface area contributed by atoms with Gasteiger partial charge in [-0.15, -0.1) is 10.2 Å². The first-order chi connectivity index (χ1) is 11.6. The molecular weight excluding hydrogens is 304 g/mol. The van der Waals surface area contributed by atoms with Crippen molar-refractivity contribution in [3.8, 4) is 23.0 Å². The Morgan fingerprint density at radius 2 is 1.79 bits per heavy atom. The molecule has 1 heterocycles. The van der Waals surface area contributed by atoms with Crippen LogP contribution in [0.3, 0.4) is 0 Å². The zero-order valence-electron chi connectivity index (χ0n) is 14.3. The molecule has 0 unspecified atom stereocenters. The van der Waals surface area contributed by atoms with E-state index in [0.717, 1.165) is 28.2 Å². The third kappa shape index (κ3) is 3.25. The summed E-state index contributed by atoms with van der Waals surface area (Å²) in [4.78, 5) is 0. The van der Waals surface area contributed by atoms with Crippen LogP contribution >= 0.6 is 0 Å². The number of nitrogens with zero attached hydrogens (tertiary/aromatic N) is 2. The zero-order valence-corrected chi connectivity index (χ0v) is 14.3. The predicted octanol–water partition coefficient (Wildman–Crippen LogP) is 4.25. The smallest absolute Gasteiger partial charge is 0.254 e. The molecule has 0 amide bonds. The van der Waals surface area contributed by atoms with Crippen LogP contribution in [-0.4, -0.2) is 17.3 Å². The summed E-state index contributed by atoms with van der Waals surface area (Å²) < 4.78 is 16.8. The maximum absolute atomic E-state index is 5.91. The molecule has 2 aromatic carbocycles. The van der Waals surface area contributed by atoms with Crippen LogP contribution in [0.15, 0.2) is 40.8 Å². The molecule has 24 heavy (non-hydrogen) atoms. The Kier molecular flexibility index (Phi) is 4.51. The Bertz CT molecular complexity index is 856. The summed E-state index contributed by atoms with van der Waals surface area (Å²) in [5.74, 6) is 2.50. The van der Waals surface area contributed by atoms with Crippen molar-refractivity contribution in [1.82, 2.24) is 10.2 Å². The minimum atomic E-state index is 0.238. The SMILES string of the molecule is COc1cccc(-c2nnc(COc3c(C)ccc(C)c3C)o2)c1. The second-order valence-corrected chi connectivity index (χ2v) is 5.68. The van der Waals surface area contributed by atoms with E-state index < -0.39 is 0 Å². The second-order valence-electron chi connectivity index (χ2n) is 5.68. The summed E-state index contributed by atoms with van der Waals surface area (Å²) in [6, 6.07) is 11.6. The number of hydrogen-bond donors (Lipinski definition) is 0. The van der Waals surface area contributed by atoms with Gasteiger partial charge in [-0.05, 0) is 55.7 Å². The van der Waals surface area contributed by atoms with Crippen LogP contribution in [0, 0.1) is 20.8 Å². The van der Waals surface area contributed by atoms with Crippen molar-refractivity contribution in [2.45, 2.75) is 27.4 Å². The molecule has 0 atom stereocenters. The van der Waals surface area contributed by atoms with Gasteiger partial charge in [-0.1, -0.05) is 18.2 Å². The first-order valence-corrected chi connectivity index (χ1v) is 7.75. The largest absolute Gasteiger partial charge is 0.497 e. The standard InChI is InChI=1S/C19H20N2O3/c1-12-8-9-13(2)18(14(12)3)23-11-17-20-21-19(24-17)15-6-5-7-16(10-15)22-4/h5-10H,11H2,1-4H3. The Balaban J connectivity index is 1.76. The summed E-state index contributed by atoms with van der Waals surface area (Å²) in [6.45, 7) is 6.38. The first-order valence-electron chi connectivity index (χ1n) is 7.75. The van der Waals surface area contributed by atoms with Gasteiger partial charge in [0.25, 0.3) is 5.89 Å². The van der Waals surface area contributed by atoms with Crippen LogP contribution < -0.4 is 9.47 Å². The van der Waals surface area contributed by atoms with Crippen LogP contribution in [-0.2, 0) is 6.61 Å². The molecule has 124 valence electrons. The van der Waals surface area contributed by atoms with Gasteiger partial charge in [-0.3, -0.25) is 0 Å². The molecule has 0 aliphatic rings. The summed E-state index contributed by atoms with van der Waals surface area (Å²) in [5.41, 5.74) is 4.22. The number of aryl methyl sites for hydroxylation is 2. The highest BCUT2D eigenvalue weighted by Gasteiger charge is 2.12. The number of methoxy groups -OCH3 is 1. The molecule has 0 saturated carbocycles. The van der Waals surface area contributed by atoms with Crippen LogP contribution in [0.5, 0.6) is 11.5 Å². The lowest BCUT2D eigenvalue weighted by atomic mass is 10.1. The van der Waals surface area contributed by atoms with Crippen molar-refractivity contribution in [1.29, 1.82) is 0 Å². The highest BCUT2D eigenvalue weighted by molar-refractivity contribution is 5.55. The quantitative estimate of drug-likeness (QED) is 0.702. The summed E-state index contributed by atoms with van der Waals surface area (Å²) in [6.07, 6.45) is 0. The fourth-order valence-electron chi connectivity index (χ4n) is 2.47. The van der Waals surface area contributed by atoms with Gasteiger partial charge in [0, 0.05) is 5.56 Å². The highest BCUT2D eigenvalue weighted by atomic mass is 16.5. The Morgan fingerprint density at radius 1 is 1.00 bits per heavy atom. The van der Waals surface area contributed by atoms with Gasteiger partial charge in [0.2, 0.25) is 5.89 Å². The molecular formula is C19H20N2O3. The van der Waals surface area contributed by atoms with Crippen LogP contribution in [0.4, 0.5) is 0 Å². The number of aromatic nitrogens is 2. The van der Waals surface area contributed by atoms with Crippen molar-refractivity contribution in [3.63, 3.8) is 0 Å². The maximum Gasteiger partial charge on any atom is 0.254 e. The molecule has 5 heteroatoms. The van der Waals surface area contributed by atoms with Crippen LogP contribution in [0.1, 0.15) is 22.6 Å². The molecule has 3 aromatic rings. The third-order valence-corrected chi connectivity index (χ3v) is 4.00. The van der Waals surface area contributed by atoms with Crippen molar-refractivity contribution in [2.24, 2.45) is 0 Å². The Hall–Kier alpha value is -2.82. The molecule has 0 aliphatic carbocycles. The molecule has 1 aromatic heterocycles. The summed E-state index contributed by atoms with van der Waals surface area (Å²) >= 11 is 0. The average molecular weight is 324 g/mol. The summed E-state index contributed by atoms with van der Waals surface area (Å²) in [7, 11) is 1.62. The van der Waals surface area contributed by atoms with Gasteiger partial charge in [-0.2, -0.15) is 0 Å². The van der Waals surface area contributed by atoms with E-state index in [1.165, 1.54) is 5.56 Å². The van der Waals surface area contributed by atoms with E-state index in [9.17, 15) is 0 Å². The topological polar surface area (TPSA) is 57.4 Å². The maximum atomic E-state index is 5.91. The van der Waals surface area contributed by atoms with Gasteiger partial charge in [0.15, 0.2) is 6.61 Å². The lowest BCUT2D eigenvalue weighted by Crippen LogP contribution is -2.00. The van der Waals surface area contributed by atoms with Gasteiger partial charge in [0.05, 0.1) is 7.11 Å². The molecule has 0 radical (unpaired) electrons. The fraction of sp³-hybridized carbons (Fsp3) is 0.263. The van der Waals surface area contributed by atoms with Gasteiger partial charge < -0.3 is 13.9 Å². The minimum Gasteiger partial charge on any atom is -0.497 e. The van der Waals surface area contributed by atoms with E-state index in [2.05, 4.69) is 23.2 Å². The number of rotatable bonds is 5. The highest BCUT2D eigenvalue weighted by Crippen LogP contribution is 2.27. The first kappa shape index (κ1) is 16.1. The van der Waals surface area contributed by atoms with Gasteiger partial charge >= 0.3 is 0 Å². The average Bonchev–Trinajstić information content (AvgIpc) is 3.07. The lowest BCUT2D eigenvalue weighted by Gasteiger charge is -2.12. The van der Waals surface area contributed by atoms with Crippen molar-refractivity contribution < 1.29 is 13.9 Å². The van der Waals surface area contributed by atoms with E-state index >= 15 is 0 Å². The zero-order chi connectivity index (χ0) is 17.1. The van der Waals surface area contributed by atoms with E-state index in [0.29, 0.717) is 11.8 Å². The molecule has 0 spiro atoms. The molecule has 3 rings (SSSR count). The normalized spacial score (nSPS) is 10.7. The van der Waals surface area contributed by atoms with E-state index in [-0.39, 0.29) is 6.61 Å². The molecule has 5 nitrogen and oxygen atoms in total. The van der Waals surface area contributed by atoms with Crippen molar-refractivity contribution >= 4 is 0 Å².